The average molecular weight is 822 g/mol. The van der Waals surface area contributed by atoms with Gasteiger partial charge in [0, 0.05) is 19.6 Å². The minimum absolute atomic E-state index is 0.0530. The predicted molar refractivity (Wildman–Crippen MR) is 208 cm³/mol. The summed E-state index contributed by atoms with van der Waals surface area (Å²) in [7, 11) is 0. The molecule has 1 aliphatic rings. The number of hydrogen-bond acceptors (Lipinski definition) is 13. The Labute approximate surface area is 334 Å². The van der Waals surface area contributed by atoms with Gasteiger partial charge in [-0.2, -0.15) is 0 Å². The first-order valence-corrected chi connectivity index (χ1v) is 18.8. The highest BCUT2D eigenvalue weighted by molar-refractivity contribution is 5.93. The summed E-state index contributed by atoms with van der Waals surface area (Å²) in [6, 6.07) is 4.98. The van der Waals surface area contributed by atoms with Crippen LogP contribution in [0, 0.1) is 20.2 Å². The molecule has 0 saturated heterocycles. The lowest BCUT2D eigenvalue weighted by atomic mass is 9.86. The molecule has 1 aliphatic carbocycles. The van der Waals surface area contributed by atoms with Crippen LogP contribution in [0.1, 0.15) is 89.5 Å². The molecule has 58 heavy (non-hydrogen) atoms. The van der Waals surface area contributed by atoms with Crippen molar-refractivity contribution < 1.29 is 43.5 Å². The van der Waals surface area contributed by atoms with Gasteiger partial charge in [-0.25, -0.2) is 39.8 Å². The maximum Gasteiger partial charge on any atom is 0.408 e. The van der Waals surface area contributed by atoms with E-state index in [1.165, 1.54) is 0 Å². The number of benzene rings is 1. The fourth-order valence-corrected chi connectivity index (χ4v) is 5.85. The van der Waals surface area contributed by atoms with Crippen LogP contribution < -0.4 is 49.3 Å². The number of nitro groups is 2. The third-order valence-corrected chi connectivity index (χ3v) is 8.83. The van der Waals surface area contributed by atoms with E-state index < -0.39 is 75.6 Å². The number of carbonyl (C=O) groups excluding carboxylic acids is 5. The highest BCUT2D eigenvalue weighted by Gasteiger charge is 2.31. The monoisotopic (exact) mass is 821 g/mol. The van der Waals surface area contributed by atoms with Crippen molar-refractivity contribution in [1.82, 2.24) is 32.1 Å². The summed E-state index contributed by atoms with van der Waals surface area (Å²) in [4.78, 5) is 93.7. The molecule has 1 saturated carbocycles. The Morgan fingerprint density at radius 2 is 1.26 bits per heavy atom. The van der Waals surface area contributed by atoms with Crippen molar-refractivity contribution in [2.45, 2.75) is 114 Å². The maximum absolute atomic E-state index is 13.8. The number of alkyl carbamates (subject to hydrolysis) is 2. The minimum atomic E-state index is -1.34. The third-order valence-electron chi connectivity index (χ3n) is 8.83. The SMILES string of the molecule is CC1(OC(=O)NCCCC[C@H](NC(=O)OCc2ccccc2)C(=O)N[C@@H](CCCN=C(N)N[N+](=O)[O-])C(=O)N[C@@H](CCCN=C(N)N[N+](=O)[O-])C(N)=O)CCCCC1. The average Bonchev–Trinajstić information content (AvgIpc) is 3.15. The molecular formula is C34H55N13O11. The smallest absolute Gasteiger partial charge is 0.408 e. The molecule has 24 heteroatoms. The number of aliphatic imine (C=N–C) groups is 2. The van der Waals surface area contributed by atoms with Crippen molar-refractivity contribution in [3.63, 3.8) is 0 Å². The van der Waals surface area contributed by atoms with Gasteiger partial charge in [-0.05, 0) is 83.1 Å². The van der Waals surface area contributed by atoms with E-state index in [0.717, 1.165) is 32.1 Å². The summed E-state index contributed by atoms with van der Waals surface area (Å²) in [5.41, 5.74) is 19.9. The fourth-order valence-electron chi connectivity index (χ4n) is 5.85. The molecule has 0 aromatic heterocycles. The van der Waals surface area contributed by atoms with Gasteiger partial charge in [0.25, 0.3) is 11.9 Å². The number of nitrogens with two attached hydrogens (primary N) is 3. The highest BCUT2D eigenvalue weighted by Crippen LogP contribution is 2.31. The third kappa shape index (κ3) is 20.4. The zero-order chi connectivity index (χ0) is 42.9. The molecule has 1 aromatic carbocycles. The number of nitrogens with zero attached hydrogens (tertiary/aromatic N) is 4. The Bertz CT molecular complexity index is 1590. The molecule has 1 fully saturated rings. The zero-order valence-corrected chi connectivity index (χ0v) is 32.4. The molecule has 1 aromatic rings. The second-order valence-corrected chi connectivity index (χ2v) is 13.7. The number of unbranched alkanes of at least 4 members (excludes halogenated alkanes) is 1. The Kier molecular flexibility index (Phi) is 21.1. The molecule has 0 heterocycles. The first-order valence-electron chi connectivity index (χ1n) is 18.8. The fraction of sp³-hybridized carbons (Fsp3) is 0.618. The molecule has 0 unspecified atom stereocenters. The molecule has 0 spiro atoms. The largest absolute Gasteiger partial charge is 0.445 e. The molecule has 0 aliphatic heterocycles. The topological polar surface area (TPSA) is 365 Å². The molecule has 12 N–H and O–H groups in total. The number of nitrogens with one attached hydrogen (secondary N) is 6. The number of hydrogen-bond donors (Lipinski definition) is 9. The van der Waals surface area contributed by atoms with Crippen molar-refractivity contribution in [2.24, 2.45) is 27.2 Å². The first-order chi connectivity index (χ1) is 27.6. The molecule has 5 amide bonds. The molecule has 2 rings (SSSR count). The summed E-state index contributed by atoms with van der Waals surface area (Å²) in [5, 5.41) is 29.7. The van der Waals surface area contributed by atoms with Crippen molar-refractivity contribution in [1.29, 1.82) is 0 Å². The van der Waals surface area contributed by atoms with Crippen LogP contribution in [0.2, 0.25) is 0 Å². The van der Waals surface area contributed by atoms with E-state index in [9.17, 15) is 44.2 Å². The van der Waals surface area contributed by atoms with E-state index in [4.69, 9.17) is 26.7 Å². The van der Waals surface area contributed by atoms with E-state index >= 15 is 0 Å². The van der Waals surface area contributed by atoms with Crippen LogP contribution in [0.25, 0.3) is 0 Å². The summed E-state index contributed by atoms with van der Waals surface area (Å²) >= 11 is 0. The lowest BCUT2D eigenvalue weighted by molar-refractivity contribution is -0.525. The summed E-state index contributed by atoms with van der Waals surface area (Å²) < 4.78 is 11.0. The van der Waals surface area contributed by atoms with E-state index in [0.29, 0.717) is 18.4 Å². The van der Waals surface area contributed by atoms with Gasteiger partial charge in [0.2, 0.25) is 17.7 Å². The first kappa shape index (κ1) is 47.7. The van der Waals surface area contributed by atoms with Gasteiger partial charge in [0.1, 0.15) is 30.3 Å². The standard InChI is InChI=1S/C34H55N13O11/c1-34(17-7-3-8-18-34)58-32(51)40-19-9-6-14-26(43-33(52)57-22-23-12-4-2-5-13-23)29(50)42-25(16-11-21-39-31(37)45-47(55)56)28(49)41-24(27(35)48)15-10-20-38-30(36)44-46(53)54/h2,4-5,12-13,24-26H,3,6-11,14-22H2,1H3,(H2,35,48)(H,40,51)(H,41,49)(H,42,50)(H,43,52)(H3,36,38,44)(H3,37,39,45)/t24-,25-,26-/m0/s1. The van der Waals surface area contributed by atoms with Gasteiger partial charge in [-0.3, -0.25) is 14.4 Å². The van der Waals surface area contributed by atoms with Gasteiger partial charge in [0.05, 0.1) is 0 Å². The Balaban J connectivity index is 2.16. The maximum atomic E-state index is 13.8. The van der Waals surface area contributed by atoms with E-state index in [-0.39, 0.29) is 58.3 Å². The number of hydrazine groups is 2. The van der Waals surface area contributed by atoms with Crippen LogP contribution in [0.3, 0.4) is 0 Å². The molecule has 0 bridgehead atoms. The normalized spacial score (nSPS) is 15.3. The van der Waals surface area contributed by atoms with Crippen LogP contribution in [-0.4, -0.2) is 95.3 Å². The number of guanidine groups is 2. The van der Waals surface area contributed by atoms with Crippen LogP contribution in [-0.2, 0) is 30.5 Å². The Morgan fingerprint density at radius 1 is 0.741 bits per heavy atom. The number of primary amides is 1. The van der Waals surface area contributed by atoms with Crippen molar-refractivity contribution in [3.05, 3.63) is 56.1 Å². The van der Waals surface area contributed by atoms with Gasteiger partial charge >= 0.3 is 12.2 Å². The number of ether oxygens (including phenoxy) is 2. The van der Waals surface area contributed by atoms with E-state index in [2.05, 4.69) is 31.3 Å². The lowest BCUT2D eigenvalue weighted by Gasteiger charge is -2.33. The van der Waals surface area contributed by atoms with Crippen LogP contribution in [0.4, 0.5) is 9.59 Å². The molecule has 24 nitrogen and oxygen atoms in total. The van der Waals surface area contributed by atoms with Gasteiger partial charge in [-0.1, -0.05) is 47.6 Å². The number of rotatable bonds is 24. The second kappa shape index (κ2) is 25.6. The minimum Gasteiger partial charge on any atom is -0.445 e. The lowest BCUT2D eigenvalue weighted by Crippen LogP contribution is -2.56. The number of amides is 5. The van der Waals surface area contributed by atoms with Gasteiger partial charge < -0.3 is 47.9 Å². The zero-order valence-electron chi connectivity index (χ0n) is 32.4. The summed E-state index contributed by atoms with van der Waals surface area (Å²) in [6.07, 6.45) is 3.95. The van der Waals surface area contributed by atoms with Gasteiger partial charge in [0.15, 0.2) is 10.1 Å². The highest BCUT2D eigenvalue weighted by atomic mass is 16.7. The quantitative estimate of drug-likeness (QED) is 0.0220. The predicted octanol–water partition coefficient (Wildman–Crippen LogP) is 0.108. The van der Waals surface area contributed by atoms with E-state index in [1.54, 1.807) is 41.2 Å². The summed E-state index contributed by atoms with van der Waals surface area (Å²) in [6.45, 7) is 1.87. The van der Waals surface area contributed by atoms with Gasteiger partial charge in [-0.15, -0.1) is 0 Å². The van der Waals surface area contributed by atoms with Crippen LogP contribution >= 0.6 is 0 Å². The molecular weight excluding hydrogens is 766 g/mol. The van der Waals surface area contributed by atoms with Crippen LogP contribution in [0.5, 0.6) is 0 Å². The van der Waals surface area contributed by atoms with E-state index in [1.807, 2.05) is 6.92 Å². The number of carbonyl (C=O) groups is 5. The Morgan fingerprint density at radius 3 is 1.81 bits per heavy atom. The van der Waals surface area contributed by atoms with Crippen LogP contribution in [0.15, 0.2) is 40.3 Å². The summed E-state index contributed by atoms with van der Waals surface area (Å²) in [5.74, 6) is -3.52. The van der Waals surface area contributed by atoms with Crippen molar-refractivity contribution in [3.8, 4) is 0 Å². The Hall–Kier alpha value is -6.49. The molecule has 3 atom stereocenters. The van der Waals surface area contributed by atoms with Crippen molar-refractivity contribution >= 4 is 41.8 Å². The van der Waals surface area contributed by atoms with Crippen molar-refractivity contribution in [2.75, 3.05) is 19.6 Å². The second-order valence-electron chi connectivity index (χ2n) is 13.7. The molecule has 0 radical (unpaired) electrons. The molecule has 322 valence electrons.